The van der Waals surface area contributed by atoms with Crippen molar-refractivity contribution in [2.45, 2.75) is 45.1 Å². The highest BCUT2D eigenvalue weighted by atomic mass is 16.4. The summed E-state index contributed by atoms with van der Waals surface area (Å²) in [6.07, 6.45) is 4.66. The highest BCUT2D eigenvalue weighted by Gasteiger charge is 2.15. The van der Waals surface area contributed by atoms with Crippen LogP contribution in [0, 0.1) is 0 Å². The minimum Gasteiger partial charge on any atom is -0.480 e. The molecule has 1 heterocycles. The fourth-order valence-corrected chi connectivity index (χ4v) is 2.63. The van der Waals surface area contributed by atoms with Gasteiger partial charge in [0.2, 0.25) is 0 Å². The molecule has 0 spiro atoms. The van der Waals surface area contributed by atoms with Gasteiger partial charge in [0, 0.05) is 12.2 Å². The van der Waals surface area contributed by atoms with Crippen molar-refractivity contribution < 1.29 is 9.90 Å². The van der Waals surface area contributed by atoms with Crippen LogP contribution in [0.3, 0.4) is 0 Å². The Hall–Kier alpha value is -1.55. The molecule has 1 aliphatic heterocycles. The molecular formula is C16H24N2O2. The highest BCUT2D eigenvalue weighted by molar-refractivity contribution is 5.73. The van der Waals surface area contributed by atoms with Crippen LogP contribution in [-0.2, 0) is 17.6 Å². The van der Waals surface area contributed by atoms with Gasteiger partial charge >= 0.3 is 5.97 Å². The second-order valence-electron chi connectivity index (χ2n) is 5.41. The van der Waals surface area contributed by atoms with Gasteiger partial charge in [-0.15, -0.1) is 0 Å². The third-order valence-electron chi connectivity index (χ3n) is 3.83. The molecule has 2 rings (SSSR count). The van der Waals surface area contributed by atoms with Gasteiger partial charge in [-0.3, -0.25) is 4.79 Å². The van der Waals surface area contributed by atoms with Crippen LogP contribution in [0.25, 0.3) is 0 Å². The zero-order chi connectivity index (χ0) is 14.4. The number of carboxylic acids is 1. The van der Waals surface area contributed by atoms with Crippen LogP contribution in [0.2, 0.25) is 0 Å². The number of unbranched alkanes of at least 4 members (excludes halogenated alkanes) is 1. The zero-order valence-corrected chi connectivity index (χ0v) is 12.1. The molecule has 1 aliphatic rings. The number of benzene rings is 1. The molecule has 0 fully saturated rings. The summed E-state index contributed by atoms with van der Waals surface area (Å²) in [6, 6.07) is 6.08. The minimum absolute atomic E-state index is 0.411. The van der Waals surface area contributed by atoms with E-state index in [4.69, 9.17) is 5.11 Å². The largest absolute Gasteiger partial charge is 0.480 e. The van der Waals surface area contributed by atoms with Crippen molar-refractivity contribution >= 4 is 11.7 Å². The van der Waals surface area contributed by atoms with Crippen LogP contribution in [0.1, 0.15) is 37.3 Å². The third-order valence-corrected chi connectivity index (χ3v) is 3.83. The van der Waals surface area contributed by atoms with E-state index in [2.05, 4.69) is 35.8 Å². The summed E-state index contributed by atoms with van der Waals surface area (Å²) in [4.78, 5) is 11.1. The van der Waals surface area contributed by atoms with Crippen molar-refractivity contribution in [3.63, 3.8) is 0 Å². The number of nitrogens with one attached hydrogen (secondary N) is 2. The molecule has 1 aromatic rings. The van der Waals surface area contributed by atoms with E-state index in [1.165, 1.54) is 16.8 Å². The lowest BCUT2D eigenvalue weighted by Crippen LogP contribution is -2.37. The molecule has 0 amide bonds. The Morgan fingerprint density at radius 3 is 3.10 bits per heavy atom. The van der Waals surface area contributed by atoms with Crippen LogP contribution in [0.15, 0.2) is 18.2 Å². The van der Waals surface area contributed by atoms with Crippen molar-refractivity contribution in [1.82, 2.24) is 5.32 Å². The predicted octanol–water partition coefficient (Wildman–Crippen LogP) is 2.43. The molecule has 0 aliphatic carbocycles. The average Bonchev–Trinajstić information content (AvgIpc) is 2.89. The van der Waals surface area contributed by atoms with Gasteiger partial charge in [0.05, 0.1) is 0 Å². The van der Waals surface area contributed by atoms with Gasteiger partial charge in [0.25, 0.3) is 0 Å². The maximum atomic E-state index is 11.1. The first kappa shape index (κ1) is 14.9. The third kappa shape index (κ3) is 3.97. The Labute approximate surface area is 120 Å². The zero-order valence-electron chi connectivity index (χ0n) is 12.1. The Kier molecular flexibility index (Phi) is 5.41. The van der Waals surface area contributed by atoms with Crippen molar-refractivity contribution in [3.05, 3.63) is 29.3 Å². The van der Waals surface area contributed by atoms with Crippen LogP contribution in [0.5, 0.6) is 0 Å². The van der Waals surface area contributed by atoms with Crippen LogP contribution < -0.4 is 10.6 Å². The molecule has 1 atom stereocenters. The van der Waals surface area contributed by atoms with Crippen molar-refractivity contribution in [1.29, 1.82) is 0 Å². The first-order valence-electron chi connectivity index (χ1n) is 7.52. The van der Waals surface area contributed by atoms with Gasteiger partial charge in [0.15, 0.2) is 0 Å². The van der Waals surface area contributed by atoms with E-state index < -0.39 is 12.0 Å². The number of anilines is 1. The Bertz CT molecular complexity index is 460. The topological polar surface area (TPSA) is 61.4 Å². The SMILES string of the molecule is CCCCC(NCCc1ccc2c(c1)CCN2)C(=O)O. The van der Waals surface area contributed by atoms with E-state index in [1.807, 2.05) is 0 Å². The fraction of sp³-hybridized carbons (Fsp3) is 0.562. The normalized spacial score (nSPS) is 14.7. The lowest BCUT2D eigenvalue weighted by atomic mass is 10.1. The number of rotatable bonds is 8. The number of fused-ring (bicyclic) bond motifs is 1. The molecule has 0 saturated carbocycles. The summed E-state index contributed by atoms with van der Waals surface area (Å²) in [6.45, 7) is 3.82. The van der Waals surface area contributed by atoms with Gasteiger partial charge < -0.3 is 15.7 Å². The molecule has 1 aromatic carbocycles. The van der Waals surface area contributed by atoms with Gasteiger partial charge in [-0.1, -0.05) is 31.9 Å². The molecule has 20 heavy (non-hydrogen) atoms. The molecule has 0 aromatic heterocycles. The van der Waals surface area contributed by atoms with Gasteiger partial charge in [0.1, 0.15) is 6.04 Å². The first-order valence-corrected chi connectivity index (χ1v) is 7.52. The van der Waals surface area contributed by atoms with E-state index in [0.717, 1.165) is 32.2 Å². The number of carbonyl (C=O) groups is 1. The molecule has 0 radical (unpaired) electrons. The molecule has 4 heteroatoms. The quantitative estimate of drug-likeness (QED) is 0.682. The second-order valence-corrected chi connectivity index (χ2v) is 5.41. The van der Waals surface area contributed by atoms with E-state index in [0.29, 0.717) is 13.0 Å². The van der Waals surface area contributed by atoms with Crippen LogP contribution in [-0.4, -0.2) is 30.2 Å². The lowest BCUT2D eigenvalue weighted by Gasteiger charge is -2.14. The molecule has 0 bridgehead atoms. The van der Waals surface area contributed by atoms with Gasteiger partial charge in [-0.05, 0) is 43.0 Å². The van der Waals surface area contributed by atoms with Crippen molar-refractivity contribution in [2.24, 2.45) is 0 Å². The molecular weight excluding hydrogens is 252 g/mol. The molecule has 4 nitrogen and oxygen atoms in total. The second kappa shape index (κ2) is 7.29. The van der Waals surface area contributed by atoms with E-state index in [1.54, 1.807) is 0 Å². The highest BCUT2D eigenvalue weighted by Crippen LogP contribution is 2.23. The average molecular weight is 276 g/mol. The van der Waals surface area contributed by atoms with Crippen LogP contribution >= 0.6 is 0 Å². The molecule has 3 N–H and O–H groups in total. The van der Waals surface area contributed by atoms with E-state index in [-0.39, 0.29) is 0 Å². The van der Waals surface area contributed by atoms with Crippen molar-refractivity contribution in [2.75, 3.05) is 18.4 Å². The van der Waals surface area contributed by atoms with E-state index >= 15 is 0 Å². The lowest BCUT2D eigenvalue weighted by molar-refractivity contribution is -0.139. The maximum Gasteiger partial charge on any atom is 0.320 e. The number of hydrogen-bond acceptors (Lipinski definition) is 3. The Morgan fingerprint density at radius 1 is 1.50 bits per heavy atom. The monoisotopic (exact) mass is 276 g/mol. The fourth-order valence-electron chi connectivity index (χ4n) is 2.63. The number of carboxylic acid groups (broad SMARTS) is 1. The molecule has 1 unspecified atom stereocenters. The van der Waals surface area contributed by atoms with Gasteiger partial charge in [-0.2, -0.15) is 0 Å². The smallest absolute Gasteiger partial charge is 0.320 e. The first-order chi connectivity index (χ1) is 9.70. The van der Waals surface area contributed by atoms with Crippen molar-refractivity contribution in [3.8, 4) is 0 Å². The summed E-state index contributed by atoms with van der Waals surface area (Å²) < 4.78 is 0. The standard InChI is InChI=1S/C16H24N2O2/c1-2-3-4-15(16(19)20)18-9-7-12-5-6-14-13(11-12)8-10-17-14/h5-6,11,15,17-18H,2-4,7-10H2,1H3,(H,19,20). The molecule has 0 saturated heterocycles. The minimum atomic E-state index is -0.739. The van der Waals surface area contributed by atoms with Gasteiger partial charge in [-0.25, -0.2) is 0 Å². The summed E-state index contributed by atoms with van der Waals surface area (Å²) in [5, 5.41) is 15.7. The Morgan fingerprint density at radius 2 is 2.35 bits per heavy atom. The predicted molar refractivity (Wildman–Crippen MR) is 81.3 cm³/mol. The summed E-state index contributed by atoms with van der Waals surface area (Å²) in [5.74, 6) is -0.739. The number of hydrogen-bond donors (Lipinski definition) is 3. The Balaban J connectivity index is 1.81. The molecule has 110 valence electrons. The maximum absolute atomic E-state index is 11.1. The van der Waals surface area contributed by atoms with Crippen LogP contribution in [0.4, 0.5) is 5.69 Å². The van der Waals surface area contributed by atoms with E-state index in [9.17, 15) is 4.79 Å². The number of aliphatic carboxylic acids is 1. The summed E-state index contributed by atoms with van der Waals surface area (Å²) >= 11 is 0. The summed E-state index contributed by atoms with van der Waals surface area (Å²) in [7, 11) is 0. The summed E-state index contributed by atoms with van der Waals surface area (Å²) in [5.41, 5.74) is 3.90.